The quantitative estimate of drug-likeness (QED) is 0.816. The third-order valence-electron chi connectivity index (χ3n) is 2.52. The predicted molar refractivity (Wildman–Crippen MR) is 61.5 cm³/mol. The zero-order chi connectivity index (χ0) is 14.0. The SMILES string of the molecule is CC(C)(C)OC(=O)N1CCOCC1C(F)(F)CN. The second kappa shape index (κ2) is 5.36. The number of alkyl halides is 2. The normalized spacial score (nSPS) is 21.9. The molecule has 0 aromatic heterocycles. The van der Waals surface area contributed by atoms with Crippen molar-refractivity contribution in [3.8, 4) is 0 Å². The zero-order valence-electron chi connectivity index (χ0n) is 10.9. The Hall–Kier alpha value is -0.950. The first kappa shape index (κ1) is 15.1. The maximum Gasteiger partial charge on any atom is 0.410 e. The Morgan fingerprint density at radius 3 is 2.61 bits per heavy atom. The molecule has 18 heavy (non-hydrogen) atoms. The summed E-state index contributed by atoms with van der Waals surface area (Å²) in [7, 11) is 0. The first-order chi connectivity index (χ1) is 8.17. The number of nitrogens with zero attached hydrogens (tertiary/aromatic N) is 1. The van der Waals surface area contributed by atoms with Gasteiger partial charge in [0.2, 0.25) is 0 Å². The van der Waals surface area contributed by atoms with Gasteiger partial charge in [-0.3, -0.25) is 4.90 Å². The molecule has 0 bridgehead atoms. The van der Waals surface area contributed by atoms with Crippen LogP contribution in [0.1, 0.15) is 20.8 Å². The van der Waals surface area contributed by atoms with Gasteiger partial charge >= 0.3 is 6.09 Å². The van der Waals surface area contributed by atoms with Gasteiger partial charge in [0.15, 0.2) is 0 Å². The van der Waals surface area contributed by atoms with Crippen LogP contribution in [0, 0.1) is 0 Å². The van der Waals surface area contributed by atoms with E-state index in [0.29, 0.717) is 0 Å². The summed E-state index contributed by atoms with van der Waals surface area (Å²) in [6, 6.07) is -1.37. The highest BCUT2D eigenvalue weighted by atomic mass is 19.3. The van der Waals surface area contributed by atoms with E-state index in [1.807, 2.05) is 0 Å². The van der Waals surface area contributed by atoms with Crippen molar-refractivity contribution >= 4 is 6.09 Å². The average Bonchev–Trinajstić information content (AvgIpc) is 2.27. The molecule has 1 atom stereocenters. The molecule has 2 N–H and O–H groups in total. The molecule has 1 amide bonds. The molecule has 0 radical (unpaired) electrons. The number of carbonyl (C=O) groups is 1. The van der Waals surface area contributed by atoms with Gasteiger partial charge in [-0.25, -0.2) is 13.6 Å². The van der Waals surface area contributed by atoms with Crippen LogP contribution < -0.4 is 5.73 Å². The van der Waals surface area contributed by atoms with Crippen LogP contribution in [0.2, 0.25) is 0 Å². The monoisotopic (exact) mass is 266 g/mol. The number of hydrogen-bond donors (Lipinski definition) is 1. The van der Waals surface area contributed by atoms with Crippen molar-refractivity contribution in [2.75, 3.05) is 26.3 Å². The molecule has 1 aliphatic rings. The number of carbonyl (C=O) groups excluding carboxylic acids is 1. The molecule has 0 aromatic rings. The summed E-state index contributed by atoms with van der Waals surface area (Å²) in [4.78, 5) is 12.9. The Balaban J connectivity index is 2.80. The molecule has 1 rings (SSSR count). The number of halogens is 2. The maximum absolute atomic E-state index is 13.6. The molecule has 1 unspecified atom stereocenters. The van der Waals surface area contributed by atoms with E-state index in [1.54, 1.807) is 20.8 Å². The summed E-state index contributed by atoms with van der Waals surface area (Å²) >= 11 is 0. The molecule has 0 saturated carbocycles. The molecule has 106 valence electrons. The van der Waals surface area contributed by atoms with Crippen molar-refractivity contribution in [3.05, 3.63) is 0 Å². The second-order valence-electron chi connectivity index (χ2n) is 5.23. The van der Waals surface area contributed by atoms with Crippen molar-refractivity contribution in [1.29, 1.82) is 0 Å². The Labute approximate surface area is 105 Å². The standard InChI is InChI=1S/C11H20F2N2O3/c1-10(2,3)18-9(16)15-4-5-17-6-8(15)11(12,13)7-14/h8H,4-7,14H2,1-3H3. The number of rotatable bonds is 2. The van der Waals surface area contributed by atoms with Crippen molar-refractivity contribution in [2.45, 2.75) is 38.3 Å². The molecule has 1 heterocycles. The molecule has 0 aromatic carbocycles. The fraction of sp³-hybridized carbons (Fsp3) is 0.909. The van der Waals surface area contributed by atoms with Gasteiger partial charge < -0.3 is 15.2 Å². The summed E-state index contributed by atoms with van der Waals surface area (Å²) in [5.74, 6) is -3.18. The predicted octanol–water partition coefficient (Wildman–Crippen LogP) is 1.22. The second-order valence-corrected chi connectivity index (χ2v) is 5.23. The minimum absolute atomic E-state index is 0.0785. The van der Waals surface area contributed by atoms with Crippen molar-refractivity contribution in [3.63, 3.8) is 0 Å². The number of morpholine rings is 1. The van der Waals surface area contributed by atoms with Crippen LogP contribution in [-0.2, 0) is 9.47 Å². The fourth-order valence-corrected chi connectivity index (χ4v) is 1.63. The molecular weight excluding hydrogens is 246 g/mol. The molecule has 1 fully saturated rings. The van der Waals surface area contributed by atoms with Gasteiger partial charge in [-0.05, 0) is 20.8 Å². The van der Waals surface area contributed by atoms with Crippen molar-refractivity contribution < 1.29 is 23.0 Å². The highest BCUT2D eigenvalue weighted by Gasteiger charge is 2.46. The lowest BCUT2D eigenvalue weighted by atomic mass is 10.1. The zero-order valence-corrected chi connectivity index (χ0v) is 10.9. The number of amides is 1. The Kier molecular flexibility index (Phi) is 4.50. The molecule has 5 nitrogen and oxygen atoms in total. The van der Waals surface area contributed by atoms with Crippen LogP contribution in [0.4, 0.5) is 13.6 Å². The van der Waals surface area contributed by atoms with E-state index in [9.17, 15) is 13.6 Å². The van der Waals surface area contributed by atoms with Gasteiger partial charge in [0.25, 0.3) is 5.92 Å². The Morgan fingerprint density at radius 1 is 1.50 bits per heavy atom. The smallest absolute Gasteiger partial charge is 0.410 e. The third kappa shape index (κ3) is 3.78. The molecule has 0 spiro atoms. The lowest BCUT2D eigenvalue weighted by Crippen LogP contribution is -2.59. The van der Waals surface area contributed by atoms with Gasteiger partial charge in [-0.2, -0.15) is 0 Å². The van der Waals surface area contributed by atoms with Crippen LogP contribution in [-0.4, -0.2) is 54.9 Å². The lowest BCUT2D eigenvalue weighted by Gasteiger charge is -2.39. The van der Waals surface area contributed by atoms with E-state index in [0.717, 1.165) is 4.90 Å². The van der Waals surface area contributed by atoms with Crippen LogP contribution in [0.25, 0.3) is 0 Å². The van der Waals surface area contributed by atoms with Crippen LogP contribution in [0.3, 0.4) is 0 Å². The molecule has 1 aliphatic heterocycles. The first-order valence-electron chi connectivity index (χ1n) is 5.82. The lowest BCUT2D eigenvalue weighted by molar-refractivity contribution is -0.127. The van der Waals surface area contributed by atoms with E-state index in [4.69, 9.17) is 15.2 Å². The van der Waals surface area contributed by atoms with Crippen LogP contribution >= 0.6 is 0 Å². The van der Waals surface area contributed by atoms with E-state index in [-0.39, 0.29) is 19.8 Å². The molecule has 0 aliphatic carbocycles. The number of ether oxygens (including phenoxy) is 2. The fourth-order valence-electron chi connectivity index (χ4n) is 1.63. The average molecular weight is 266 g/mol. The maximum atomic E-state index is 13.6. The third-order valence-corrected chi connectivity index (χ3v) is 2.52. The topological polar surface area (TPSA) is 64.8 Å². The van der Waals surface area contributed by atoms with Gasteiger partial charge in [0.1, 0.15) is 11.6 Å². The minimum Gasteiger partial charge on any atom is -0.444 e. The summed E-state index contributed by atoms with van der Waals surface area (Å²) in [6.07, 6.45) is -0.760. The number of nitrogens with two attached hydrogens (primary N) is 1. The first-order valence-corrected chi connectivity index (χ1v) is 5.82. The van der Waals surface area contributed by atoms with Gasteiger partial charge in [-0.1, -0.05) is 0 Å². The van der Waals surface area contributed by atoms with Crippen LogP contribution in [0.15, 0.2) is 0 Å². The summed E-state index contributed by atoms with van der Waals surface area (Å²) in [5, 5.41) is 0. The largest absolute Gasteiger partial charge is 0.444 e. The Bertz CT molecular complexity index is 305. The van der Waals surface area contributed by atoms with E-state index in [1.165, 1.54) is 0 Å². The summed E-state index contributed by atoms with van der Waals surface area (Å²) in [5.41, 5.74) is 4.32. The highest BCUT2D eigenvalue weighted by Crippen LogP contribution is 2.26. The molecular formula is C11H20F2N2O3. The van der Waals surface area contributed by atoms with Gasteiger partial charge in [0, 0.05) is 6.54 Å². The van der Waals surface area contributed by atoms with E-state index in [2.05, 4.69) is 0 Å². The van der Waals surface area contributed by atoms with Crippen molar-refractivity contribution in [1.82, 2.24) is 4.90 Å². The van der Waals surface area contributed by atoms with Gasteiger partial charge in [0.05, 0.1) is 19.8 Å². The Morgan fingerprint density at radius 2 is 2.11 bits per heavy atom. The summed E-state index contributed by atoms with van der Waals surface area (Å²) in [6.45, 7) is 4.28. The van der Waals surface area contributed by atoms with Crippen molar-refractivity contribution in [2.24, 2.45) is 5.73 Å². The molecule has 7 heteroatoms. The minimum atomic E-state index is -3.18. The van der Waals surface area contributed by atoms with E-state index < -0.39 is 30.2 Å². The van der Waals surface area contributed by atoms with Gasteiger partial charge in [-0.15, -0.1) is 0 Å². The highest BCUT2D eigenvalue weighted by molar-refractivity contribution is 5.69. The number of hydrogen-bond acceptors (Lipinski definition) is 4. The summed E-state index contributed by atoms with van der Waals surface area (Å²) < 4.78 is 37.4. The van der Waals surface area contributed by atoms with E-state index >= 15 is 0 Å². The molecule has 1 saturated heterocycles. The van der Waals surface area contributed by atoms with Crippen LogP contribution in [0.5, 0.6) is 0 Å².